The topological polar surface area (TPSA) is 33.3 Å². The summed E-state index contributed by atoms with van der Waals surface area (Å²) in [5.74, 6) is 0. The maximum Gasteiger partial charge on any atom is 0.170 e. The third kappa shape index (κ3) is 7.13. The number of rotatable bonds is 8. The molecule has 2 N–H and O–H groups in total. The number of ether oxygens (including phenoxy) is 1. The second-order valence-electron chi connectivity index (χ2n) is 4.38. The summed E-state index contributed by atoms with van der Waals surface area (Å²) in [6, 6.07) is 8.42. The number of hydrogen-bond acceptors (Lipinski definition) is 2. The third-order valence-corrected chi connectivity index (χ3v) is 2.95. The predicted octanol–water partition coefficient (Wildman–Crippen LogP) is 3.35. The summed E-state index contributed by atoms with van der Waals surface area (Å²) in [5.41, 5.74) is 2.39. The predicted molar refractivity (Wildman–Crippen MR) is 85.8 cm³/mol. The van der Waals surface area contributed by atoms with Gasteiger partial charge in [-0.2, -0.15) is 0 Å². The first-order valence-corrected chi connectivity index (χ1v) is 7.38. The SMILES string of the molecule is CCCc1ccc(NC(=S)NCCCOCC)cc1. The van der Waals surface area contributed by atoms with E-state index in [9.17, 15) is 0 Å². The van der Waals surface area contributed by atoms with E-state index in [0.29, 0.717) is 5.11 Å². The molecule has 106 valence electrons. The van der Waals surface area contributed by atoms with E-state index in [1.165, 1.54) is 12.0 Å². The van der Waals surface area contributed by atoms with Crippen molar-refractivity contribution in [1.82, 2.24) is 5.32 Å². The molecule has 0 aromatic heterocycles. The highest BCUT2D eigenvalue weighted by molar-refractivity contribution is 7.80. The summed E-state index contributed by atoms with van der Waals surface area (Å²) >= 11 is 5.24. The fourth-order valence-corrected chi connectivity index (χ4v) is 1.96. The minimum Gasteiger partial charge on any atom is -0.382 e. The zero-order chi connectivity index (χ0) is 13.9. The lowest BCUT2D eigenvalue weighted by molar-refractivity contribution is 0.146. The molecule has 0 unspecified atom stereocenters. The highest BCUT2D eigenvalue weighted by Crippen LogP contribution is 2.10. The number of hydrogen-bond donors (Lipinski definition) is 2. The van der Waals surface area contributed by atoms with Crippen molar-refractivity contribution in [3.63, 3.8) is 0 Å². The summed E-state index contributed by atoms with van der Waals surface area (Å²) in [6.45, 7) is 6.57. The van der Waals surface area contributed by atoms with Gasteiger partial charge in [0.05, 0.1) is 0 Å². The Bertz CT molecular complexity index is 365. The van der Waals surface area contributed by atoms with Gasteiger partial charge in [0.2, 0.25) is 0 Å². The van der Waals surface area contributed by atoms with Crippen molar-refractivity contribution in [3.8, 4) is 0 Å². The second-order valence-corrected chi connectivity index (χ2v) is 4.79. The van der Waals surface area contributed by atoms with Crippen molar-refractivity contribution in [1.29, 1.82) is 0 Å². The molecule has 0 aliphatic heterocycles. The Labute approximate surface area is 121 Å². The van der Waals surface area contributed by atoms with Gasteiger partial charge < -0.3 is 15.4 Å². The maximum absolute atomic E-state index is 5.27. The van der Waals surface area contributed by atoms with Gasteiger partial charge in [0.1, 0.15) is 0 Å². The molecule has 0 bridgehead atoms. The molecule has 1 aromatic carbocycles. The maximum atomic E-state index is 5.27. The fraction of sp³-hybridized carbons (Fsp3) is 0.533. The molecule has 0 heterocycles. The van der Waals surface area contributed by atoms with E-state index >= 15 is 0 Å². The van der Waals surface area contributed by atoms with Crippen LogP contribution in [0.1, 0.15) is 32.3 Å². The molecule has 0 atom stereocenters. The van der Waals surface area contributed by atoms with E-state index in [0.717, 1.165) is 38.3 Å². The Kier molecular flexibility index (Phi) is 8.18. The smallest absolute Gasteiger partial charge is 0.170 e. The van der Waals surface area contributed by atoms with Crippen molar-refractivity contribution >= 4 is 23.0 Å². The van der Waals surface area contributed by atoms with Crippen LogP contribution in [0.3, 0.4) is 0 Å². The van der Waals surface area contributed by atoms with Crippen LogP contribution in [0.2, 0.25) is 0 Å². The number of benzene rings is 1. The molecule has 0 saturated heterocycles. The normalized spacial score (nSPS) is 10.2. The van der Waals surface area contributed by atoms with E-state index < -0.39 is 0 Å². The molecule has 4 heteroatoms. The number of thiocarbonyl (C=S) groups is 1. The molecule has 0 spiro atoms. The minimum absolute atomic E-state index is 0.666. The van der Waals surface area contributed by atoms with Gasteiger partial charge in [0.15, 0.2) is 5.11 Å². The quantitative estimate of drug-likeness (QED) is 0.565. The Morgan fingerprint density at radius 3 is 2.58 bits per heavy atom. The number of nitrogens with one attached hydrogen (secondary N) is 2. The standard InChI is InChI=1S/C15H24N2OS/c1-3-6-13-7-9-14(10-8-13)17-15(19)16-11-5-12-18-4-2/h7-10H,3-6,11-12H2,1-2H3,(H2,16,17,19). The minimum atomic E-state index is 0.666. The van der Waals surface area contributed by atoms with Gasteiger partial charge in [-0.3, -0.25) is 0 Å². The van der Waals surface area contributed by atoms with Crippen molar-refractivity contribution in [3.05, 3.63) is 29.8 Å². The monoisotopic (exact) mass is 280 g/mol. The van der Waals surface area contributed by atoms with Crippen molar-refractivity contribution < 1.29 is 4.74 Å². The molecule has 0 radical (unpaired) electrons. The van der Waals surface area contributed by atoms with Crippen LogP contribution in [0.15, 0.2) is 24.3 Å². The average Bonchev–Trinajstić information content (AvgIpc) is 2.41. The Morgan fingerprint density at radius 1 is 1.21 bits per heavy atom. The number of anilines is 1. The molecule has 3 nitrogen and oxygen atoms in total. The van der Waals surface area contributed by atoms with Crippen molar-refractivity contribution in [2.24, 2.45) is 0 Å². The molecule has 1 aromatic rings. The van der Waals surface area contributed by atoms with E-state index in [4.69, 9.17) is 17.0 Å². The lowest BCUT2D eigenvalue weighted by Gasteiger charge is -2.11. The molecule has 19 heavy (non-hydrogen) atoms. The van der Waals surface area contributed by atoms with Crippen molar-refractivity contribution in [2.75, 3.05) is 25.1 Å². The zero-order valence-electron chi connectivity index (χ0n) is 11.9. The van der Waals surface area contributed by atoms with Gasteiger partial charge >= 0.3 is 0 Å². The first kappa shape index (κ1) is 15.9. The highest BCUT2D eigenvalue weighted by atomic mass is 32.1. The van der Waals surface area contributed by atoms with Crippen LogP contribution in [-0.2, 0) is 11.2 Å². The molecular formula is C15H24N2OS. The Morgan fingerprint density at radius 2 is 1.95 bits per heavy atom. The molecule has 0 fully saturated rings. The van der Waals surface area contributed by atoms with Gasteiger partial charge in [-0.25, -0.2) is 0 Å². The van der Waals surface area contributed by atoms with Crippen LogP contribution in [-0.4, -0.2) is 24.9 Å². The summed E-state index contributed by atoms with van der Waals surface area (Å²) in [6.07, 6.45) is 3.26. The van der Waals surface area contributed by atoms with Crippen LogP contribution >= 0.6 is 12.2 Å². The molecule has 0 aliphatic carbocycles. The molecule has 0 aliphatic rings. The van der Waals surface area contributed by atoms with Gasteiger partial charge in [-0.05, 0) is 49.7 Å². The van der Waals surface area contributed by atoms with Crippen LogP contribution in [0.5, 0.6) is 0 Å². The first-order valence-electron chi connectivity index (χ1n) is 6.97. The molecule has 0 amide bonds. The Hall–Kier alpha value is -1.13. The lowest BCUT2D eigenvalue weighted by atomic mass is 10.1. The molecular weight excluding hydrogens is 256 g/mol. The van der Waals surface area contributed by atoms with Crippen LogP contribution in [0.4, 0.5) is 5.69 Å². The van der Waals surface area contributed by atoms with Gasteiger partial charge in [-0.1, -0.05) is 25.5 Å². The van der Waals surface area contributed by atoms with E-state index in [1.807, 2.05) is 6.92 Å². The number of aryl methyl sites for hydroxylation is 1. The summed E-state index contributed by atoms with van der Waals surface area (Å²) in [5, 5.41) is 7.02. The summed E-state index contributed by atoms with van der Waals surface area (Å²) in [7, 11) is 0. The van der Waals surface area contributed by atoms with Crippen molar-refractivity contribution in [2.45, 2.75) is 33.1 Å². The second kappa shape index (κ2) is 9.75. The zero-order valence-corrected chi connectivity index (χ0v) is 12.7. The van der Waals surface area contributed by atoms with Crippen LogP contribution < -0.4 is 10.6 Å². The summed E-state index contributed by atoms with van der Waals surface area (Å²) < 4.78 is 5.27. The van der Waals surface area contributed by atoms with Gasteiger partial charge in [0.25, 0.3) is 0 Å². The van der Waals surface area contributed by atoms with Gasteiger partial charge in [0, 0.05) is 25.4 Å². The van der Waals surface area contributed by atoms with E-state index in [-0.39, 0.29) is 0 Å². The van der Waals surface area contributed by atoms with Crippen LogP contribution in [0.25, 0.3) is 0 Å². The lowest BCUT2D eigenvalue weighted by Crippen LogP contribution is -2.29. The van der Waals surface area contributed by atoms with E-state index in [1.54, 1.807) is 0 Å². The fourth-order valence-electron chi connectivity index (χ4n) is 1.74. The molecule has 0 saturated carbocycles. The molecule has 1 rings (SSSR count). The average molecular weight is 280 g/mol. The van der Waals surface area contributed by atoms with Gasteiger partial charge in [-0.15, -0.1) is 0 Å². The first-order chi connectivity index (χ1) is 9.26. The third-order valence-electron chi connectivity index (χ3n) is 2.71. The largest absolute Gasteiger partial charge is 0.382 e. The summed E-state index contributed by atoms with van der Waals surface area (Å²) in [4.78, 5) is 0. The highest BCUT2D eigenvalue weighted by Gasteiger charge is 1.97. The van der Waals surface area contributed by atoms with E-state index in [2.05, 4.69) is 41.8 Å². The van der Waals surface area contributed by atoms with Crippen LogP contribution in [0, 0.1) is 0 Å². The Balaban J connectivity index is 2.24.